The van der Waals surface area contributed by atoms with Crippen LogP contribution in [0.15, 0.2) is 0 Å². The number of rotatable bonds is 5. The number of nitrogens with two attached hydrogens (primary N) is 1. The molecule has 0 bridgehead atoms. The highest BCUT2D eigenvalue weighted by molar-refractivity contribution is 5.78. The van der Waals surface area contributed by atoms with E-state index in [1.165, 1.54) is 32.1 Å². The van der Waals surface area contributed by atoms with E-state index in [-0.39, 0.29) is 0 Å². The lowest BCUT2D eigenvalue weighted by Crippen LogP contribution is -2.55. The molecule has 3 N–H and O–H groups in total. The number of likely N-dealkylation sites (N-methyl/N-ethyl adjacent to an activating group) is 1. The largest absolute Gasteiger partial charge is 0.480 e. The summed E-state index contributed by atoms with van der Waals surface area (Å²) in [6, 6.07) is 0.500. The number of nitrogens with zero attached hydrogens (tertiary/aromatic N) is 1. The molecule has 1 atom stereocenters. The summed E-state index contributed by atoms with van der Waals surface area (Å²) in [7, 11) is 1.99. The van der Waals surface area contributed by atoms with E-state index in [9.17, 15) is 4.79 Å². The topological polar surface area (TPSA) is 66.6 Å². The van der Waals surface area contributed by atoms with Crippen LogP contribution in [0.5, 0.6) is 0 Å². The predicted molar refractivity (Wildman–Crippen MR) is 68.9 cm³/mol. The molecule has 100 valence electrons. The molecule has 0 aromatic heterocycles. The Labute approximate surface area is 104 Å². The van der Waals surface area contributed by atoms with Crippen LogP contribution >= 0.6 is 0 Å². The van der Waals surface area contributed by atoms with Crippen LogP contribution in [-0.2, 0) is 4.79 Å². The minimum Gasteiger partial charge on any atom is -0.480 e. The van der Waals surface area contributed by atoms with Crippen molar-refractivity contribution in [2.75, 3.05) is 13.6 Å². The molecule has 0 heterocycles. The molecular formula is C13H26N2O2. The van der Waals surface area contributed by atoms with Crippen molar-refractivity contribution in [2.45, 2.75) is 57.5 Å². The van der Waals surface area contributed by atoms with Crippen molar-refractivity contribution in [3.8, 4) is 0 Å². The minimum atomic E-state index is -1.14. The molecule has 1 saturated carbocycles. The number of hydrogen-bond donors (Lipinski definition) is 2. The molecule has 1 unspecified atom stereocenters. The van der Waals surface area contributed by atoms with Gasteiger partial charge in [-0.05, 0) is 45.6 Å². The molecule has 1 fully saturated rings. The molecule has 0 radical (unpaired) electrons. The SMILES string of the molecule is CCC1CCC(N(C)CC(C)(N)C(=O)O)CC1. The first kappa shape index (κ1) is 14.5. The fraction of sp³-hybridized carbons (Fsp3) is 0.923. The zero-order valence-corrected chi connectivity index (χ0v) is 11.3. The lowest BCUT2D eigenvalue weighted by atomic mass is 9.83. The Balaban J connectivity index is 2.44. The number of carbonyl (C=O) groups is 1. The summed E-state index contributed by atoms with van der Waals surface area (Å²) in [6.07, 6.45) is 6.13. The van der Waals surface area contributed by atoms with Crippen molar-refractivity contribution in [1.29, 1.82) is 0 Å². The third kappa shape index (κ3) is 3.96. The highest BCUT2D eigenvalue weighted by Crippen LogP contribution is 2.29. The summed E-state index contributed by atoms with van der Waals surface area (Å²) < 4.78 is 0. The molecule has 1 rings (SSSR count). The van der Waals surface area contributed by atoms with E-state index in [1.54, 1.807) is 6.92 Å². The fourth-order valence-electron chi connectivity index (χ4n) is 2.71. The van der Waals surface area contributed by atoms with Crippen LogP contribution in [0.25, 0.3) is 0 Å². The first-order valence-corrected chi connectivity index (χ1v) is 6.59. The van der Waals surface area contributed by atoms with Crippen LogP contribution in [-0.4, -0.2) is 41.1 Å². The van der Waals surface area contributed by atoms with Gasteiger partial charge >= 0.3 is 5.97 Å². The number of hydrogen-bond acceptors (Lipinski definition) is 3. The molecule has 0 aromatic rings. The second-order valence-electron chi connectivity index (χ2n) is 5.72. The summed E-state index contributed by atoms with van der Waals surface area (Å²) in [5, 5.41) is 9.02. The molecule has 4 nitrogen and oxygen atoms in total. The lowest BCUT2D eigenvalue weighted by Gasteiger charge is -2.37. The molecular weight excluding hydrogens is 216 g/mol. The van der Waals surface area contributed by atoms with Crippen molar-refractivity contribution in [3.63, 3.8) is 0 Å². The molecule has 0 aromatic carbocycles. The number of carboxylic acids is 1. The normalized spacial score (nSPS) is 29.0. The van der Waals surface area contributed by atoms with Gasteiger partial charge in [-0.3, -0.25) is 4.79 Å². The molecule has 0 aliphatic heterocycles. The third-order valence-electron chi connectivity index (χ3n) is 4.08. The van der Waals surface area contributed by atoms with Crippen molar-refractivity contribution in [1.82, 2.24) is 4.90 Å². The maximum Gasteiger partial charge on any atom is 0.324 e. The highest BCUT2D eigenvalue weighted by atomic mass is 16.4. The van der Waals surface area contributed by atoms with E-state index >= 15 is 0 Å². The van der Waals surface area contributed by atoms with Gasteiger partial charge in [0.15, 0.2) is 0 Å². The first-order valence-electron chi connectivity index (χ1n) is 6.59. The van der Waals surface area contributed by atoms with E-state index in [1.807, 2.05) is 7.05 Å². The van der Waals surface area contributed by atoms with Gasteiger partial charge in [-0.1, -0.05) is 13.3 Å². The minimum absolute atomic E-state index is 0.420. The van der Waals surface area contributed by atoms with E-state index in [0.29, 0.717) is 12.6 Å². The summed E-state index contributed by atoms with van der Waals surface area (Å²) in [5.74, 6) is -0.0602. The van der Waals surface area contributed by atoms with Crippen molar-refractivity contribution >= 4 is 5.97 Å². The number of aliphatic carboxylic acids is 1. The fourth-order valence-corrected chi connectivity index (χ4v) is 2.71. The average Bonchev–Trinajstić information content (AvgIpc) is 2.28. The second kappa shape index (κ2) is 5.83. The van der Waals surface area contributed by atoms with Gasteiger partial charge in [0.2, 0.25) is 0 Å². The summed E-state index contributed by atoms with van der Waals surface area (Å²) in [6.45, 7) is 4.25. The summed E-state index contributed by atoms with van der Waals surface area (Å²) in [5.41, 5.74) is 4.64. The van der Waals surface area contributed by atoms with Crippen LogP contribution in [0, 0.1) is 5.92 Å². The Hall–Kier alpha value is -0.610. The van der Waals surface area contributed by atoms with Crippen LogP contribution in [0.2, 0.25) is 0 Å². The van der Waals surface area contributed by atoms with Crippen LogP contribution in [0.3, 0.4) is 0 Å². The Bertz CT molecular complexity index is 258. The zero-order valence-electron chi connectivity index (χ0n) is 11.3. The third-order valence-corrected chi connectivity index (χ3v) is 4.08. The quantitative estimate of drug-likeness (QED) is 0.770. The smallest absolute Gasteiger partial charge is 0.324 e. The molecule has 17 heavy (non-hydrogen) atoms. The molecule has 1 aliphatic rings. The van der Waals surface area contributed by atoms with Gasteiger partial charge in [0.25, 0.3) is 0 Å². The van der Waals surface area contributed by atoms with Gasteiger partial charge in [-0.25, -0.2) is 0 Å². The Morgan fingerprint density at radius 3 is 2.35 bits per heavy atom. The van der Waals surface area contributed by atoms with Gasteiger partial charge in [0.05, 0.1) is 0 Å². The summed E-state index contributed by atoms with van der Waals surface area (Å²) >= 11 is 0. The molecule has 4 heteroatoms. The molecule has 1 aliphatic carbocycles. The van der Waals surface area contributed by atoms with Gasteiger partial charge in [0.1, 0.15) is 5.54 Å². The van der Waals surface area contributed by atoms with Crippen LogP contribution < -0.4 is 5.73 Å². The average molecular weight is 242 g/mol. The van der Waals surface area contributed by atoms with E-state index in [2.05, 4.69) is 11.8 Å². The molecule has 0 amide bonds. The zero-order chi connectivity index (χ0) is 13.1. The highest BCUT2D eigenvalue weighted by Gasteiger charge is 2.32. The Morgan fingerprint density at radius 1 is 1.41 bits per heavy atom. The van der Waals surface area contributed by atoms with E-state index in [4.69, 9.17) is 10.8 Å². The molecule has 0 saturated heterocycles. The molecule has 0 spiro atoms. The second-order valence-corrected chi connectivity index (χ2v) is 5.72. The van der Waals surface area contributed by atoms with E-state index < -0.39 is 11.5 Å². The monoisotopic (exact) mass is 242 g/mol. The van der Waals surface area contributed by atoms with Crippen LogP contribution in [0.4, 0.5) is 0 Å². The lowest BCUT2D eigenvalue weighted by molar-refractivity contribution is -0.143. The summed E-state index contributed by atoms with van der Waals surface area (Å²) in [4.78, 5) is 13.1. The maximum atomic E-state index is 11.0. The van der Waals surface area contributed by atoms with Crippen molar-refractivity contribution in [2.24, 2.45) is 11.7 Å². The predicted octanol–water partition coefficient (Wildman–Crippen LogP) is 1.69. The van der Waals surface area contributed by atoms with Crippen molar-refractivity contribution in [3.05, 3.63) is 0 Å². The van der Waals surface area contributed by atoms with Gasteiger partial charge in [0, 0.05) is 12.6 Å². The van der Waals surface area contributed by atoms with Gasteiger partial charge in [-0.15, -0.1) is 0 Å². The van der Waals surface area contributed by atoms with Gasteiger partial charge in [-0.2, -0.15) is 0 Å². The number of carboxylic acid groups (broad SMARTS) is 1. The van der Waals surface area contributed by atoms with Gasteiger partial charge < -0.3 is 15.7 Å². The standard InChI is InChI=1S/C13H26N2O2/c1-4-10-5-7-11(8-6-10)15(3)9-13(2,14)12(16)17/h10-11H,4-9,14H2,1-3H3,(H,16,17). The Morgan fingerprint density at radius 2 is 1.94 bits per heavy atom. The van der Waals surface area contributed by atoms with E-state index in [0.717, 1.165) is 5.92 Å². The van der Waals surface area contributed by atoms with Crippen LogP contribution in [0.1, 0.15) is 46.0 Å². The Kier molecular flexibility index (Phi) is 4.95. The first-order chi connectivity index (χ1) is 7.86. The maximum absolute atomic E-state index is 11.0. The van der Waals surface area contributed by atoms with Crippen molar-refractivity contribution < 1.29 is 9.90 Å².